The maximum atomic E-state index is 12.4. The Morgan fingerprint density at radius 1 is 1.19 bits per heavy atom. The lowest BCUT2D eigenvalue weighted by molar-refractivity contribution is -0.123. The van der Waals surface area contributed by atoms with Crippen LogP contribution in [0.3, 0.4) is 0 Å². The molecule has 0 aliphatic rings. The van der Waals surface area contributed by atoms with Crippen molar-refractivity contribution in [3.63, 3.8) is 0 Å². The second kappa shape index (κ2) is 9.94. The van der Waals surface area contributed by atoms with Gasteiger partial charge in [-0.15, -0.1) is 0 Å². The molecular formula is C20H22ClNO5. The van der Waals surface area contributed by atoms with Crippen molar-refractivity contribution < 1.29 is 23.8 Å². The number of para-hydroxylation sites is 1. The molecule has 0 saturated heterocycles. The minimum atomic E-state index is -0.994. The zero-order valence-corrected chi connectivity index (χ0v) is 16.2. The van der Waals surface area contributed by atoms with Gasteiger partial charge in [0.05, 0.1) is 30.0 Å². The molecule has 1 N–H and O–H groups in total. The third kappa shape index (κ3) is 5.70. The molecule has 2 rings (SSSR count). The smallest absolute Gasteiger partial charge is 0.338 e. The molecule has 27 heavy (non-hydrogen) atoms. The molecule has 0 radical (unpaired) electrons. The quantitative estimate of drug-likeness (QED) is 0.686. The Morgan fingerprint density at radius 2 is 1.93 bits per heavy atom. The number of carbonyl (C=O) groups excluding carboxylic acids is 2. The minimum Gasteiger partial charge on any atom is -0.496 e. The number of rotatable bonds is 8. The highest BCUT2D eigenvalue weighted by Crippen LogP contribution is 2.23. The summed E-state index contributed by atoms with van der Waals surface area (Å²) >= 11 is 6.02. The Balaban J connectivity index is 2.05. The fourth-order valence-corrected chi connectivity index (χ4v) is 2.49. The third-order valence-electron chi connectivity index (χ3n) is 3.76. The Bertz CT molecular complexity index is 809. The molecular weight excluding hydrogens is 370 g/mol. The molecule has 0 spiro atoms. The summed E-state index contributed by atoms with van der Waals surface area (Å²) in [5.74, 6) is -0.471. The van der Waals surface area contributed by atoms with Crippen LogP contribution >= 0.6 is 11.6 Å². The van der Waals surface area contributed by atoms with E-state index in [1.807, 2.05) is 6.92 Å². The van der Waals surface area contributed by atoms with Crippen molar-refractivity contribution in [1.82, 2.24) is 0 Å². The van der Waals surface area contributed by atoms with Crippen molar-refractivity contribution in [2.75, 3.05) is 19.0 Å². The van der Waals surface area contributed by atoms with E-state index in [4.69, 9.17) is 25.8 Å². The predicted octanol–water partition coefficient (Wildman–Crippen LogP) is 4.07. The highest BCUT2D eigenvalue weighted by atomic mass is 35.5. The highest BCUT2D eigenvalue weighted by molar-refractivity contribution is 6.33. The van der Waals surface area contributed by atoms with Crippen molar-refractivity contribution in [1.29, 1.82) is 0 Å². The Hall–Kier alpha value is -2.57. The van der Waals surface area contributed by atoms with Crippen LogP contribution in [0.1, 0.15) is 29.8 Å². The van der Waals surface area contributed by atoms with E-state index < -0.39 is 18.0 Å². The number of hydrogen-bond donors (Lipinski definition) is 1. The molecule has 2 aromatic carbocycles. The fourth-order valence-electron chi connectivity index (χ4n) is 2.31. The molecule has 0 heterocycles. The summed E-state index contributed by atoms with van der Waals surface area (Å²) in [4.78, 5) is 24.6. The Labute approximate surface area is 163 Å². The normalized spacial score (nSPS) is 11.6. The van der Waals surface area contributed by atoms with Gasteiger partial charge in [0.1, 0.15) is 5.75 Å². The maximum Gasteiger partial charge on any atom is 0.338 e. The Morgan fingerprint density at radius 3 is 2.59 bits per heavy atom. The summed E-state index contributed by atoms with van der Waals surface area (Å²) in [5.41, 5.74) is 1.49. The van der Waals surface area contributed by atoms with E-state index in [0.717, 1.165) is 5.56 Å². The summed E-state index contributed by atoms with van der Waals surface area (Å²) < 4.78 is 15.9. The van der Waals surface area contributed by atoms with Gasteiger partial charge in [0.2, 0.25) is 0 Å². The lowest BCUT2D eigenvalue weighted by Gasteiger charge is -2.15. The number of benzene rings is 2. The molecule has 0 aromatic heterocycles. The van der Waals surface area contributed by atoms with Crippen LogP contribution in [0.4, 0.5) is 5.69 Å². The van der Waals surface area contributed by atoms with E-state index >= 15 is 0 Å². The molecule has 6 nitrogen and oxygen atoms in total. The average molecular weight is 392 g/mol. The van der Waals surface area contributed by atoms with Crippen molar-refractivity contribution >= 4 is 29.2 Å². The monoisotopic (exact) mass is 391 g/mol. The van der Waals surface area contributed by atoms with E-state index in [1.54, 1.807) is 49.6 Å². The van der Waals surface area contributed by atoms with Crippen molar-refractivity contribution in [3.05, 3.63) is 58.6 Å². The molecule has 0 unspecified atom stereocenters. The number of carbonyl (C=O) groups is 2. The van der Waals surface area contributed by atoms with Gasteiger partial charge in [0.15, 0.2) is 6.10 Å². The van der Waals surface area contributed by atoms with Gasteiger partial charge in [0, 0.05) is 12.2 Å². The number of ether oxygens (including phenoxy) is 3. The topological polar surface area (TPSA) is 73.9 Å². The molecule has 0 aliphatic carbocycles. The number of anilines is 1. The summed E-state index contributed by atoms with van der Waals surface area (Å²) in [6.45, 7) is 4.22. The van der Waals surface area contributed by atoms with Crippen LogP contribution in [0, 0.1) is 0 Å². The molecule has 1 atom stereocenters. The van der Waals surface area contributed by atoms with E-state index in [-0.39, 0.29) is 0 Å². The SMILES string of the molecule is CCOCc1cc(C(=O)O[C@H](C)C(=O)Nc2ccccc2Cl)ccc1OC. The first-order chi connectivity index (χ1) is 13.0. The van der Waals surface area contributed by atoms with Crippen LogP contribution in [0.25, 0.3) is 0 Å². The summed E-state index contributed by atoms with van der Waals surface area (Å²) in [6.07, 6.45) is -0.994. The zero-order chi connectivity index (χ0) is 19.8. The van der Waals surface area contributed by atoms with E-state index in [0.29, 0.717) is 35.2 Å². The standard InChI is InChI=1S/C20H22ClNO5/c1-4-26-12-15-11-14(9-10-18(15)25-3)20(24)27-13(2)19(23)22-17-8-6-5-7-16(17)21/h5-11,13H,4,12H2,1-3H3,(H,22,23)/t13-/m1/s1. The van der Waals surface area contributed by atoms with Crippen molar-refractivity contribution in [3.8, 4) is 5.75 Å². The molecule has 0 saturated carbocycles. The third-order valence-corrected chi connectivity index (χ3v) is 4.09. The van der Waals surface area contributed by atoms with Crippen LogP contribution in [-0.2, 0) is 20.9 Å². The maximum absolute atomic E-state index is 12.4. The molecule has 0 fully saturated rings. The van der Waals surface area contributed by atoms with Crippen LogP contribution in [0.2, 0.25) is 5.02 Å². The van der Waals surface area contributed by atoms with Crippen LogP contribution in [0.5, 0.6) is 5.75 Å². The van der Waals surface area contributed by atoms with Crippen LogP contribution < -0.4 is 10.1 Å². The number of methoxy groups -OCH3 is 1. The van der Waals surface area contributed by atoms with Gasteiger partial charge in [-0.05, 0) is 44.2 Å². The first-order valence-corrected chi connectivity index (χ1v) is 8.85. The molecule has 2 aromatic rings. The predicted molar refractivity (Wildman–Crippen MR) is 103 cm³/mol. The van der Waals surface area contributed by atoms with E-state index in [2.05, 4.69) is 5.32 Å². The average Bonchev–Trinajstić information content (AvgIpc) is 2.67. The second-order valence-corrected chi connectivity index (χ2v) is 6.09. The summed E-state index contributed by atoms with van der Waals surface area (Å²) in [6, 6.07) is 11.7. The van der Waals surface area contributed by atoms with Gasteiger partial charge in [-0.1, -0.05) is 23.7 Å². The lowest BCUT2D eigenvalue weighted by atomic mass is 10.1. The number of hydrogen-bond acceptors (Lipinski definition) is 5. The molecule has 0 bridgehead atoms. The highest BCUT2D eigenvalue weighted by Gasteiger charge is 2.20. The van der Waals surface area contributed by atoms with E-state index in [1.165, 1.54) is 6.92 Å². The first kappa shape index (κ1) is 20.7. The van der Waals surface area contributed by atoms with Crippen molar-refractivity contribution in [2.24, 2.45) is 0 Å². The zero-order valence-electron chi connectivity index (χ0n) is 15.5. The first-order valence-electron chi connectivity index (χ1n) is 8.47. The number of nitrogens with one attached hydrogen (secondary N) is 1. The van der Waals surface area contributed by atoms with Gasteiger partial charge in [-0.2, -0.15) is 0 Å². The number of amides is 1. The molecule has 0 aliphatic heterocycles. The second-order valence-electron chi connectivity index (χ2n) is 5.68. The summed E-state index contributed by atoms with van der Waals surface area (Å²) in [7, 11) is 1.55. The van der Waals surface area contributed by atoms with Crippen molar-refractivity contribution in [2.45, 2.75) is 26.6 Å². The molecule has 1 amide bonds. The van der Waals surface area contributed by atoms with Gasteiger partial charge in [-0.3, -0.25) is 4.79 Å². The number of esters is 1. The van der Waals surface area contributed by atoms with Gasteiger partial charge >= 0.3 is 5.97 Å². The largest absolute Gasteiger partial charge is 0.496 e. The minimum absolute atomic E-state index is 0.308. The van der Waals surface area contributed by atoms with Gasteiger partial charge in [0.25, 0.3) is 5.91 Å². The van der Waals surface area contributed by atoms with Gasteiger partial charge < -0.3 is 19.5 Å². The number of halogens is 1. The van der Waals surface area contributed by atoms with Crippen LogP contribution in [-0.4, -0.2) is 31.7 Å². The van der Waals surface area contributed by atoms with E-state index in [9.17, 15) is 9.59 Å². The Kier molecular flexibility index (Phi) is 7.64. The molecule has 7 heteroatoms. The summed E-state index contributed by atoms with van der Waals surface area (Å²) in [5, 5.41) is 3.04. The van der Waals surface area contributed by atoms with Crippen LogP contribution in [0.15, 0.2) is 42.5 Å². The fraction of sp³-hybridized carbons (Fsp3) is 0.300. The molecule has 144 valence electrons. The lowest BCUT2D eigenvalue weighted by Crippen LogP contribution is -2.30. The van der Waals surface area contributed by atoms with Gasteiger partial charge in [-0.25, -0.2) is 4.79 Å².